The number of allylic oxidation sites excluding steroid dienone is 3. The van der Waals surface area contributed by atoms with Crippen molar-refractivity contribution in [2.24, 2.45) is 34.5 Å². The molecule has 0 heterocycles. The van der Waals surface area contributed by atoms with Gasteiger partial charge in [0.05, 0.1) is 35.1 Å². The number of ether oxygens (including phenoxy) is 3. The monoisotopic (exact) mass is 730 g/mol. The van der Waals surface area contributed by atoms with Crippen molar-refractivity contribution in [3.8, 4) is 0 Å². The number of esters is 2. The van der Waals surface area contributed by atoms with Crippen LogP contribution in [-0.2, 0) is 43.6 Å². The third-order valence-corrected chi connectivity index (χ3v) is 8.94. The largest absolute Gasteiger partial charge is 0.460 e. The Morgan fingerprint density at radius 1 is 0.688 bits per heavy atom. The van der Waals surface area contributed by atoms with Gasteiger partial charge >= 0.3 is 11.9 Å². The second-order valence-corrected chi connectivity index (χ2v) is 13.4. The number of rotatable bonds is 10. The molecule has 0 N–H and O–H groups in total. The summed E-state index contributed by atoms with van der Waals surface area (Å²) in [5.41, 5.74) is -3.60. The van der Waals surface area contributed by atoms with Crippen LogP contribution in [0.1, 0.15) is 51.3 Å². The van der Waals surface area contributed by atoms with Crippen LogP contribution in [0.5, 0.6) is 0 Å². The molecule has 264 valence electrons. The number of benzene rings is 2. The number of carbonyl (C=O) groups excluding carboxylic acids is 2. The zero-order chi connectivity index (χ0) is 36.5. The van der Waals surface area contributed by atoms with Crippen molar-refractivity contribution < 1.29 is 58.9 Å². The van der Waals surface area contributed by atoms with Gasteiger partial charge in [-0.15, -0.1) is 0 Å². The summed E-state index contributed by atoms with van der Waals surface area (Å²) in [7, 11) is 1.14. The van der Waals surface area contributed by atoms with Gasteiger partial charge in [-0.3, -0.25) is 9.59 Å². The summed E-state index contributed by atoms with van der Waals surface area (Å²) in [4.78, 5) is 24.1. The molecule has 2 fully saturated rings. The molecule has 0 aromatic heterocycles. The molecule has 5 nitrogen and oxygen atoms in total. The van der Waals surface area contributed by atoms with E-state index < -0.39 is 112 Å². The van der Waals surface area contributed by atoms with E-state index >= 15 is 0 Å². The molecule has 2 unspecified atom stereocenters. The number of methoxy groups -OCH3 is 1. The standard InChI is InChI=1S/C18H20F4O3.C15H12Cl2F4O2/c1-5-6-11-12(18(11,2)3)17(23)25-8-10-15(21)13(19)9(7-24-4)14(20)16(10)22;1-15(2)7(3-10(16)17)11(15)14(22)23-5-6-12(20)8(18)4-9(19)13(6)21/h5-6,11-12H,7-8H2,1-4H3;3-4,7,11H,5H2,1-2H3/t;7-,11+/m.1/s1. The molecule has 2 aromatic carbocycles. The Balaban J connectivity index is 0.000000261. The molecular formula is C33H32Cl2F8O5. The number of halogens is 10. The molecule has 0 saturated heterocycles. The third kappa shape index (κ3) is 8.00. The summed E-state index contributed by atoms with van der Waals surface area (Å²) in [5, 5.41) is 0. The van der Waals surface area contributed by atoms with E-state index in [4.69, 9.17) is 32.7 Å². The maximum Gasteiger partial charge on any atom is 0.310 e. The minimum absolute atomic E-state index is 0.0114. The van der Waals surface area contributed by atoms with Gasteiger partial charge < -0.3 is 14.2 Å². The molecule has 4 rings (SSSR count). The lowest BCUT2D eigenvalue weighted by molar-refractivity contribution is -0.148. The third-order valence-electron chi connectivity index (χ3n) is 8.69. The molecule has 4 atom stereocenters. The smallest absolute Gasteiger partial charge is 0.310 e. The molecular weight excluding hydrogens is 699 g/mol. The topological polar surface area (TPSA) is 61.8 Å². The predicted octanol–water partition coefficient (Wildman–Crippen LogP) is 9.16. The number of hydrogen-bond donors (Lipinski definition) is 0. The van der Waals surface area contributed by atoms with Gasteiger partial charge in [0.2, 0.25) is 0 Å². The molecule has 2 aliphatic carbocycles. The van der Waals surface area contributed by atoms with Crippen LogP contribution in [0.4, 0.5) is 35.1 Å². The molecule has 0 amide bonds. The van der Waals surface area contributed by atoms with E-state index in [-0.39, 0.29) is 27.8 Å². The first-order valence-corrected chi connectivity index (χ1v) is 15.1. The van der Waals surface area contributed by atoms with Crippen LogP contribution in [0.2, 0.25) is 0 Å². The fourth-order valence-electron chi connectivity index (χ4n) is 5.60. The Labute approximate surface area is 281 Å². The average Bonchev–Trinajstić information content (AvgIpc) is 3.77. The van der Waals surface area contributed by atoms with Crippen molar-refractivity contribution in [3.63, 3.8) is 0 Å². The molecule has 2 aromatic rings. The highest BCUT2D eigenvalue weighted by Crippen LogP contribution is 2.60. The summed E-state index contributed by atoms with van der Waals surface area (Å²) in [5.74, 6) is -15.4. The zero-order valence-electron chi connectivity index (χ0n) is 26.6. The quantitative estimate of drug-likeness (QED) is 0.106. The van der Waals surface area contributed by atoms with E-state index in [1.165, 1.54) is 6.08 Å². The second-order valence-electron chi connectivity index (χ2n) is 12.4. The summed E-state index contributed by atoms with van der Waals surface area (Å²) >= 11 is 11.1. The van der Waals surface area contributed by atoms with Crippen LogP contribution >= 0.6 is 23.2 Å². The van der Waals surface area contributed by atoms with Gasteiger partial charge in [0.15, 0.2) is 46.5 Å². The van der Waals surface area contributed by atoms with Crippen molar-refractivity contribution in [2.45, 2.75) is 54.4 Å². The van der Waals surface area contributed by atoms with Gasteiger partial charge in [-0.25, -0.2) is 35.1 Å². The van der Waals surface area contributed by atoms with Gasteiger partial charge in [-0.2, -0.15) is 0 Å². The van der Waals surface area contributed by atoms with E-state index in [0.29, 0.717) is 0 Å². The highest BCUT2D eigenvalue weighted by atomic mass is 35.5. The molecule has 2 saturated carbocycles. The van der Waals surface area contributed by atoms with E-state index in [1.54, 1.807) is 19.9 Å². The van der Waals surface area contributed by atoms with Crippen LogP contribution < -0.4 is 0 Å². The fraction of sp³-hybridized carbons (Fsp3) is 0.455. The van der Waals surface area contributed by atoms with E-state index in [1.807, 2.05) is 26.8 Å². The summed E-state index contributed by atoms with van der Waals surface area (Å²) in [6, 6.07) is 0.0866. The first-order chi connectivity index (χ1) is 22.2. The lowest BCUT2D eigenvalue weighted by Gasteiger charge is -2.12. The maximum absolute atomic E-state index is 14.0. The first kappa shape index (κ1) is 39.3. The minimum Gasteiger partial charge on any atom is -0.460 e. The van der Waals surface area contributed by atoms with Crippen LogP contribution in [-0.4, -0.2) is 19.0 Å². The molecule has 0 radical (unpaired) electrons. The molecule has 0 bridgehead atoms. The summed E-state index contributed by atoms with van der Waals surface area (Å²) in [6.07, 6.45) is 5.13. The zero-order valence-corrected chi connectivity index (χ0v) is 28.1. The normalized spacial score (nSPS) is 21.7. The van der Waals surface area contributed by atoms with Crippen LogP contribution in [0.25, 0.3) is 0 Å². The van der Waals surface area contributed by atoms with Gasteiger partial charge in [-0.05, 0) is 35.7 Å². The van der Waals surface area contributed by atoms with Crippen LogP contribution in [0.15, 0.2) is 28.8 Å². The van der Waals surface area contributed by atoms with Crippen molar-refractivity contribution in [1.82, 2.24) is 0 Å². The molecule has 0 spiro atoms. The lowest BCUT2D eigenvalue weighted by atomic mass is 10.1. The highest BCUT2D eigenvalue weighted by molar-refractivity contribution is 6.55. The Bertz CT molecular complexity index is 1580. The van der Waals surface area contributed by atoms with Gasteiger partial charge in [0.25, 0.3) is 0 Å². The fourth-order valence-corrected chi connectivity index (χ4v) is 5.88. The van der Waals surface area contributed by atoms with Crippen molar-refractivity contribution in [1.29, 1.82) is 0 Å². The Morgan fingerprint density at radius 2 is 1.06 bits per heavy atom. The van der Waals surface area contributed by atoms with Crippen molar-refractivity contribution in [3.05, 3.63) is 92.0 Å². The molecule has 2 aliphatic rings. The summed E-state index contributed by atoms with van der Waals surface area (Å²) < 4.78 is 123. The Hall–Kier alpha value is -3.16. The van der Waals surface area contributed by atoms with Gasteiger partial charge in [0.1, 0.15) is 17.7 Å². The second kappa shape index (κ2) is 15.2. The maximum atomic E-state index is 14.0. The number of hydrogen-bond acceptors (Lipinski definition) is 5. The van der Waals surface area contributed by atoms with Gasteiger partial charge in [0, 0.05) is 13.2 Å². The number of carbonyl (C=O) groups is 2. The van der Waals surface area contributed by atoms with E-state index in [9.17, 15) is 44.7 Å². The molecule has 0 aliphatic heterocycles. The van der Waals surface area contributed by atoms with Crippen molar-refractivity contribution >= 4 is 35.1 Å². The Kier molecular flexibility index (Phi) is 12.4. The minimum atomic E-state index is -1.59. The average molecular weight is 732 g/mol. The van der Waals surface area contributed by atoms with Crippen molar-refractivity contribution in [2.75, 3.05) is 7.11 Å². The van der Waals surface area contributed by atoms with E-state index in [2.05, 4.69) is 4.74 Å². The first-order valence-electron chi connectivity index (χ1n) is 14.4. The highest BCUT2D eigenvalue weighted by Gasteiger charge is 2.62. The molecule has 15 heteroatoms. The summed E-state index contributed by atoms with van der Waals surface area (Å²) in [6.45, 7) is 6.66. The van der Waals surface area contributed by atoms with E-state index in [0.717, 1.165) is 7.11 Å². The van der Waals surface area contributed by atoms with Crippen LogP contribution in [0.3, 0.4) is 0 Å². The lowest BCUT2D eigenvalue weighted by Crippen LogP contribution is -2.15. The van der Waals surface area contributed by atoms with Crippen LogP contribution in [0, 0.1) is 81.0 Å². The Morgan fingerprint density at radius 3 is 1.46 bits per heavy atom. The van der Waals surface area contributed by atoms with Gasteiger partial charge in [-0.1, -0.05) is 63.0 Å². The predicted molar refractivity (Wildman–Crippen MR) is 159 cm³/mol. The SMILES string of the molecule is CC1(C)[C@H](C=C(Cl)Cl)[C@H]1C(=O)OCc1c(F)c(F)cc(F)c1F.CC=CC1C(C(=O)OCc2c(F)c(F)c(COC)c(F)c2F)C1(C)C. The molecule has 48 heavy (non-hydrogen) atoms.